The first-order valence-corrected chi connectivity index (χ1v) is 8.80. The average Bonchev–Trinajstić information content (AvgIpc) is 3.09. The van der Waals surface area contributed by atoms with Crippen molar-refractivity contribution in [2.24, 2.45) is 21.6 Å². The first-order chi connectivity index (χ1) is 12.3. The van der Waals surface area contributed by atoms with Gasteiger partial charge in [0.05, 0.1) is 10.8 Å². The molecule has 2 aliphatic rings. The number of halogens is 3. The maximum atomic E-state index is 14.7. The minimum atomic E-state index is -2.68. The van der Waals surface area contributed by atoms with E-state index in [1.54, 1.807) is 20.8 Å². The molecular weight excluding hydrogens is 357 g/mol. The third-order valence-electron chi connectivity index (χ3n) is 6.28. The summed E-state index contributed by atoms with van der Waals surface area (Å²) in [5.41, 5.74) is 3.16. The molecule has 0 radical (unpaired) electrons. The Morgan fingerprint density at radius 3 is 2.41 bits per heavy atom. The van der Waals surface area contributed by atoms with Crippen LogP contribution < -0.4 is 11.1 Å². The quantitative estimate of drug-likeness (QED) is 0.839. The monoisotopic (exact) mass is 382 g/mol. The molecule has 148 valence electrons. The van der Waals surface area contributed by atoms with Gasteiger partial charge in [-0.2, -0.15) is 0 Å². The molecule has 1 saturated carbocycles. The number of benzene rings is 1. The summed E-state index contributed by atoms with van der Waals surface area (Å²) in [4.78, 5) is 18.4. The fraction of sp³-hybridized carbons (Fsp3) is 0.579. The van der Waals surface area contributed by atoms with Crippen LogP contribution in [0.4, 0.5) is 18.9 Å². The molecule has 3 rings (SSSR count). The highest BCUT2D eigenvalue weighted by Crippen LogP contribution is 2.60. The van der Waals surface area contributed by atoms with Gasteiger partial charge in [-0.3, -0.25) is 9.69 Å². The van der Waals surface area contributed by atoms with Crippen LogP contribution >= 0.6 is 0 Å². The first kappa shape index (κ1) is 19.5. The molecule has 1 heterocycles. The molecule has 3 N–H and O–H groups in total. The minimum Gasteiger partial charge on any atom is -0.384 e. The summed E-state index contributed by atoms with van der Waals surface area (Å²) in [7, 11) is 1.52. The molecule has 0 bridgehead atoms. The van der Waals surface area contributed by atoms with E-state index in [9.17, 15) is 18.0 Å². The summed E-state index contributed by atoms with van der Waals surface area (Å²) < 4.78 is 41.6. The first-order valence-electron chi connectivity index (χ1n) is 8.80. The van der Waals surface area contributed by atoms with Gasteiger partial charge in [0, 0.05) is 31.3 Å². The number of rotatable bonds is 4. The van der Waals surface area contributed by atoms with Gasteiger partial charge in [0.1, 0.15) is 11.4 Å². The number of guanidine groups is 1. The summed E-state index contributed by atoms with van der Waals surface area (Å²) in [5.74, 6) is -3.49. The van der Waals surface area contributed by atoms with Gasteiger partial charge >= 0.3 is 0 Å². The summed E-state index contributed by atoms with van der Waals surface area (Å²) in [5, 5.41) is 2.96. The number of nitrogens with one attached hydrogen (secondary N) is 1. The third kappa shape index (κ3) is 2.76. The van der Waals surface area contributed by atoms with Crippen molar-refractivity contribution >= 4 is 17.6 Å². The van der Waals surface area contributed by atoms with Crippen molar-refractivity contribution in [1.82, 2.24) is 4.90 Å². The van der Waals surface area contributed by atoms with Crippen molar-refractivity contribution < 1.29 is 18.0 Å². The van der Waals surface area contributed by atoms with E-state index in [0.29, 0.717) is 5.69 Å². The maximum Gasteiger partial charge on any atom is 0.256 e. The summed E-state index contributed by atoms with van der Waals surface area (Å²) >= 11 is 0. The molecule has 1 fully saturated rings. The highest BCUT2D eigenvalue weighted by atomic mass is 19.3. The highest BCUT2D eigenvalue weighted by Gasteiger charge is 2.67. The molecule has 1 aromatic rings. The fourth-order valence-corrected chi connectivity index (χ4v) is 3.52. The van der Waals surface area contributed by atoms with Crippen LogP contribution in [-0.2, 0) is 10.3 Å². The second-order valence-electron chi connectivity index (χ2n) is 8.52. The lowest BCUT2D eigenvalue weighted by Gasteiger charge is -2.46. The van der Waals surface area contributed by atoms with E-state index in [1.807, 2.05) is 0 Å². The Morgan fingerprint density at radius 1 is 1.26 bits per heavy atom. The summed E-state index contributed by atoms with van der Waals surface area (Å²) in [6.07, 6.45) is -0.173. The standard InChI is InChI=1S/C19H25F3N4O/c1-16(2)14(27)26(5)15(23)25-18(16,4)12-8-11(6-7-13(12)20)24-10-17(3)9-19(17,21)22/h6-8,24H,9-10H2,1-5H3,(H2,23,25)/t17?,18-/m1/s1. The molecule has 1 amide bonds. The van der Waals surface area contributed by atoms with Crippen LogP contribution in [-0.4, -0.2) is 36.3 Å². The number of nitrogens with zero attached hydrogens (tertiary/aromatic N) is 2. The van der Waals surface area contributed by atoms with Crippen molar-refractivity contribution in [3.8, 4) is 0 Å². The number of carbonyl (C=O) groups is 1. The van der Waals surface area contributed by atoms with E-state index in [2.05, 4.69) is 10.3 Å². The second kappa shape index (κ2) is 5.62. The van der Waals surface area contributed by atoms with E-state index in [0.717, 1.165) is 0 Å². The van der Waals surface area contributed by atoms with Crippen LogP contribution in [0.5, 0.6) is 0 Å². The van der Waals surface area contributed by atoms with Gasteiger partial charge in [-0.15, -0.1) is 0 Å². The zero-order chi connectivity index (χ0) is 20.4. The SMILES string of the molecule is CN1C(=O)C(C)(C)[C@@](C)(c2cc(NCC3(C)CC3(F)F)ccc2F)N=C1N. The van der Waals surface area contributed by atoms with Gasteiger partial charge < -0.3 is 11.1 Å². The van der Waals surface area contributed by atoms with Crippen molar-refractivity contribution in [3.63, 3.8) is 0 Å². The van der Waals surface area contributed by atoms with Crippen LogP contribution in [0.2, 0.25) is 0 Å². The predicted molar refractivity (Wildman–Crippen MR) is 98.1 cm³/mol. The molecule has 1 aromatic carbocycles. The van der Waals surface area contributed by atoms with Crippen LogP contribution in [0.25, 0.3) is 0 Å². The normalized spacial score (nSPS) is 31.5. The van der Waals surface area contributed by atoms with E-state index < -0.39 is 28.1 Å². The Labute approximate surface area is 156 Å². The van der Waals surface area contributed by atoms with Crippen LogP contribution in [0.1, 0.15) is 39.7 Å². The zero-order valence-corrected chi connectivity index (χ0v) is 16.2. The molecule has 1 aliphatic carbocycles. The zero-order valence-electron chi connectivity index (χ0n) is 16.2. The number of carbonyl (C=O) groups excluding carboxylic acids is 1. The molecule has 0 aromatic heterocycles. The van der Waals surface area contributed by atoms with Gasteiger partial charge in [0.25, 0.3) is 5.92 Å². The van der Waals surface area contributed by atoms with Gasteiger partial charge in [-0.05, 0) is 39.0 Å². The third-order valence-corrected chi connectivity index (χ3v) is 6.28. The van der Waals surface area contributed by atoms with E-state index in [-0.39, 0.29) is 30.4 Å². The Balaban J connectivity index is 1.97. The maximum absolute atomic E-state index is 14.7. The van der Waals surface area contributed by atoms with Gasteiger partial charge in [0.15, 0.2) is 5.96 Å². The van der Waals surface area contributed by atoms with E-state index in [4.69, 9.17) is 5.73 Å². The smallest absolute Gasteiger partial charge is 0.256 e. The van der Waals surface area contributed by atoms with Crippen LogP contribution in [0.15, 0.2) is 23.2 Å². The number of anilines is 1. The molecule has 1 aliphatic heterocycles. The number of aliphatic imine (C=N–C) groups is 1. The number of alkyl halides is 2. The topological polar surface area (TPSA) is 70.7 Å². The Bertz CT molecular complexity index is 838. The van der Waals surface area contributed by atoms with Crippen molar-refractivity contribution in [2.45, 2.75) is 45.6 Å². The molecule has 0 saturated heterocycles. The predicted octanol–water partition coefficient (Wildman–Crippen LogP) is 3.31. The number of hydrogen-bond acceptors (Lipinski definition) is 4. The minimum absolute atomic E-state index is 0.00437. The van der Waals surface area contributed by atoms with Crippen molar-refractivity contribution in [2.75, 3.05) is 18.9 Å². The van der Waals surface area contributed by atoms with Gasteiger partial charge in [0.2, 0.25) is 5.91 Å². The van der Waals surface area contributed by atoms with Gasteiger partial charge in [-0.1, -0.05) is 6.92 Å². The molecule has 8 heteroatoms. The van der Waals surface area contributed by atoms with Crippen LogP contribution in [0.3, 0.4) is 0 Å². The number of hydrogen-bond donors (Lipinski definition) is 2. The average molecular weight is 382 g/mol. The lowest BCUT2D eigenvalue weighted by atomic mass is 9.67. The Kier molecular flexibility index (Phi) is 4.06. The molecular formula is C19H25F3N4O. The van der Waals surface area contributed by atoms with E-state index in [1.165, 1.54) is 37.1 Å². The fourth-order valence-electron chi connectivity index (χ4n) is 3.52. The van der Waals surface area contributed by atoms with Crippen LogP contribution in [0, 0.1) is 16.6 Å². The number of nitrogens with two attached hydrogens (primary N) is 1. The van der Waals surface area contributed by atoms with Crippen molar-refractivity contribution in [3.05, 3.63) is 29.6 Å². The molecule has 1 unspecified atom stereocenters. The lowest BCUT2D eigenvalue weighted by Crippen LogP contribution is -2.58. The van der Waals surface area contributed by atoms with Gasteiger partial charge in [-0.25, -0.2) is 18.2 Å². The van der Waals surface area contributed by atoms with E-state index >= 15 is 0 Å². The lowest BCUT2D eigenvalue weighted by molar-refractivity contribution is -0.140. The molecule has 2 atom stereocenters. The summed E-state index contributed by atoms with van der Waals surface area (Å²) in [6, 6.07) is 4.26. The Morgan fingerprint density at radius 2 is 1.85 bits per heavy atom. The number of amides is 1. The molecule has 27 heavy (non-hydrogen) atoms. The highest BCUT2D eigenvalue weighted by molar-refractivity contribution is 6.01. The molecule has 0 spiro atoms. The summed E-state index contributed by atoms with van der Waals surface area (Å²) in [6.45, 7) is 6.61. The molecule has 5 nitrogen and oxygen atoms in total. The van der Waals surface area contributed by atoms with Crippen molar-refractivity contribution in [1.29, 1.82) is 0 Å². The Hall–Kier alpha value is -2.25. The largest absolute Gasteiger partial charge is 0.384 e. The second-order valence-corrected chi connectivity index (χ2v) is 8.52.